The third kappa shape index (κ3) is 5.70. The van der Waals surface area contributed by atoms with Crippen molar-refractivity contribution in [3.63, 3.8) is 0 Å². The molecule has 0 fully saturated rings. The summed E-state index contributed by atoms with van der Waals surface area (Å²) < 4.78 is 6.65. The molecule has 0 spiro atoms. The van der Waals surface area contributed by atoms with Crippen LogP contribution in [0.1, 0.15) is 15.9 Å². The lowest BCUT2D eigenvalue weighted by Crippen LogP contribution is -2.28. The Morgan fingerprint density at radius 2 is 1.69 bits per heavy atom. The van der Waals surface area contributed by atoms with E-state index in [0.717, 1.165) is 20.8 Å². The van der Waals surface area contributed by atoms with Crippen molar-refractivity contribution in [3.05, 3.63) is 101 Å². The number of amides is 2. The maximum absolute atomic E-state index is 12.3. The van der Waals surface area contributed by atoms with Crippen LogP contribution in [0.5, 0.6) is 5.75 Å². The first-order valence-corrected chi connectivity index (χ1v) is 10.8. The Bertz CT molecular complexity index is 1260. The molecule has 1 heterocycles. The number of rotatable bonds is 7. The van der Waals surface area contributed by atoms with Gasteiger partial charge in [-0.3, -0.25) is 14.6 Å². The maximum atomic E-state index is 12.3. The van der Waals surface area contributed by atoms with E-state index in [9.17, 15) is 9.59 Å². The van der Waals surface area contributed by atoms with Crippen LogP contribution in [0.4, 0.5) is 5.69 Å². The van der Waals surface area contributed by atoms with Gasteiger partial charge in [0.15, 0.2) is 6.61 Å². The van der Waals surface area contributed by atoms with E-state index in [1.807, 2.05) is 54.6 Å². The predicted octanol–water partition coefficient (Wildman–Crippen LogP) is 4.94. The molecule has 2 amide bonds. The quantitative estimate of drug-likeness (QED) is 0.385. The largest absolute Gasteiger partial charge is 0.484 e. The van der Waals surface area contributed by atoms with E-state index in [4.69, 9.17) is 4.74 Å². The topological polar surface area (TPSA) is 80.3 Å². The molecular formula is C25H20BrN3O3. The summed E-state index contributed by atoms with van der Waals surface area (Å²) in [5.74, 6) is 0.188. The number of carbonyl (C=O) groups is 2. The van der Waals surface area contributed by atoms with Crippen LogP contribution in [0.25, 0.3) is 10.8 Å². The highest BCUT2D eigenvalue weighted by Gasteiger charge is 2.07. The van der Waals surface area contributed by atoms with Crippen LogP contribution >= 0.6 is 15.9 Å². The average molecular weight is 490 g/mol. The lowest BCUT2D eigenvalue weighted by molar-refractivity contribution is -0.123. The number of carbonyl (C=O) groups excluding carboxylic acids is 2. The van der Waals surface area contributed by atoms with Crippen molar-refractivity contribution in [2.45, 2.75) is 6.54 Å². The Labute approximate surface area is 193 Å². The number of fused-ring (bicyclic) bond motifs is 1. The molecule has 0 unspecified atom stereocenters. The van der Waals surface area contributed by atoms with Crippen molar-refractivity contribution in [2.75, 3.05) is 11.9 Å². The van der Waals surface area contributed by atoms with Crippen molar-refractivity contribution in [3.8, 4) is 5.75 Å². The summed E-state index contributed by atoms with van der Waals surface area (Å²) in [6.45, 7) is 0.243. The van der Waals surface area contributed by atoms with Crippen molar-refractivity contribution in [1.29, 1.82) is 0 Å². The SMILES string of the molecule is O=C(COc1ccc2cc(Br)ccc2c1)NCc1cccc(NC(=O)c2ccncc2)c1. The van der Waals surface area contributed by atoms with Crippen molar-refractivity contribution >= 4 is 44.2 Å². The van der Waals surface area contributed by atoms with Crippen LogP contribution < -0.4 is 15.4 Å². The van der Waals surface area contributed by atoms with Gasteiger partial charge < -0.3 is 15.4 Å². The zero-order chi connectivity index (χ0) is 22.3. The first-order valence-electron chi connectivity index (χ1n) is 9.96. The van der Waals surface area contributed by atoms with Gasteiger partial charge in [0.2, 0.25) is 0 Å². The van der Waals surface area contributed by atoms with Gasteiger partial charge in [0.05, 0.1) is 0 Å². The van der Waals surface area contributed by atoms with Gasteiger partial charge in [-0.05, 0) is 64.9 Å². The van der Waals surface area contributed by atoms with E-state index >= 15 is 0 Å². The zero-order valence-electron chi connectivity index (χ0n) is 17.0. The fourth-order valence-corrected chi connectivity index (χ4v) is 3.53. The van der Waals surface area contributed by atoms with Gasteiger partial charge in [-0.1, -0.05) is 40.2 Å². The highest BCUT2D eigenvalue weighted by molar-refractivity contribution is 9.10. The summed E-state index contributed by atoms with van der Waals surface area (Å²) in [6, 6.07) is 22.3. The van der Waals surface area contributed by atoms with E-state index in [1.165, 1.54) is 0 Å². The van der Waals surface area contributed by atoms with Crippen molar-refractivity contribution in [2.24, 2.45) is 0 Å². The standard InChI is InChI=1S/C25H20BrN3O3/c26-21-6-4-20-14-23(7-5-19(20)13-21)32-16-24(30)28-15-17-2-1-3-22(12-17)29-25(31)18-8-10-27-11-9-18/h1-14H,15-16H2,(H,28,30)(H,29,31). The van der Waals surface area contributed by atoms with E-state index < -0.39 is 0 Å². The monoisotopic (exact) mass is 489 g/mol. The van der Waals surface area contributed by atoms with Gasteiger partial charge in [-0.15, -0.1) is 0 Å². The Morgan fingerprint density at radius 1 is 0.906 bits per heavy atom. The highest BCUT2D eigenvalue weighted by Crippen LogP contribution is 2.24. The molecule has 4 rings (SSSR count). The number of anilines is 1. The fraction of sp³-hybridized carbons (Fsp3) is 0.0800. The summed E-state index contributed by atoms with van der Waals surface area (Å²) in [4.78, 5) is 28.4. The number of pyridine rings is 1. The van der Waals surface area contributed by atoms with Gasteiger partial charge in [-0.25, -0.2) is 0 Å². The summed E-state index contributed by atoms with van der Waals surface area (Å²) in [7, 11) is 0. The molecule has 0 aliphatic rings. The first kappa shape index (κ1) is 21.5. The van der Waals surface area contributed by atoms with Gasteiger partial charge in [0, 0.05) is 34.7 Å². The molecule has 0 radical (unpaired) electrons. The second-order valence-electron chi connectivity index (χ2n) is 7.11. The van der Waals surface area contributed by atoms with E-state index in [1.54, 1.807) is 30.6 Å². The van der Waals surface area contributed by atoms with Gasteiger partial charge in [0.1, 0.15) is 5.75 Å². The van der Waals surface area contributed by atoms with E-state index in [0.29, 0.717) is 23.5 Å². The van der Waals surface area contributed by atoms with Crippen LogP contribution in [0.3, 0.4) is 0 Å². The average Bonchev–Trinajstić information content (AvgIpc) is 2.82. The normalized spacial score (nSPS) is 10.5. The first-order chi connectivity index (χ1) is 15.6. The molecule has 3 aromatic carbocycles. The van der Waals surface area contributed by atoms with E-state index in [-0.39, 0.29) is 18.4 Å². The Hall–Kier alpha value is -3.71. The zero-order valence-corrected chi connectivity index (χ0v) is 18.6. The molecule has 1 aromatic heterocycles. The van der Waals surface area contributed by atoms with E-state index in [2.05, 4.69) is 31.5 Å². The minimum atomic E-state index is -0.230. The van der Waals surface area contributed by atoms with Crippen LogP contribution in [-0.2, 0) is 11.3 Å². The Kier molecular flexibility index (Phi) is 6.77. The molecule has 0 aliphatic carbocycles. The number of aromatic nitrogens is 1. The number of ether oxygens (including phenoxy) is 1. The molecule has 6 nitrogen and oxygen atoms in total. The molecule has 0 bridgehead atoms. The second kappa shape index (κ2) is 10.1. The van der Waals surface area contributed by atoms with Gasteiger partial charge in [0.25, 0.3) is 11.8 Å². The number of halogens is 1. The minimum Gasteiger partial charge on any atom is -0.484 e. The number of hydrogen-bond acceptors (Lipinski definition) is 4. The molecule has 32 heavy (non-hydrogen) atoms. The van der Waals surface area contributed by atoms with Gasteiger partial charge >= 0.3 is 0 Å². The second-order valence-corrected chi connectivity index (χ2v) is 8.02. The predicted molar refractivity (Wildman–Crippen MR) is 128 cm³/mol. The van der Waals surface area contributed by atoms with Crippen LogP contribution in [0.15, 0.2) is 89.7 Å². The lowest BCUT2D eigenvalue weighted by Gasteiger charge is -2.10. The van der Waals surface area contributed by atoms with Crippen molar-refractivity contribution < 1.29 is 14.3 Å². The summed E-state index contributed by atoms with van der Waals surface area (Å²) in [5.41, 5.74) is 2.04. The molecule has 7 heteroatoms. The van der Waals surface area contributed by atoms with Crippen LogP contribution in [0, 0.1) is 0 Å². The fourth-order valence-electron chi connectivity index (χ4n) is 3.15. The number of nitrogens with zero attached hydrogens (tertiary/aromatic N) is 1. The summed E-state index contributed by atoms with van der Waals surface area (Å²) >= 11 is 3.46. The number of hydrogen-bond donors (Lipinski definition) is 2. The maximum Gasteiger partial charge on any atom is 0.258 e. The Balaban J connectivity index is 1.29. The molecule has 160 valence electrons. The molecule has 0 saturated carbocycles. The third-order valence-corrected chi connectivity index (χ3v) is 5.25. The van der Waals surface area contributed by atoms with Gasteiger partial charge in [-0.2, -0.15) is 0 Å². The molecule has 0 aliphatic heterocycles. The Morgan fingerprint density at radius 3 is 2.53 bits per heavy atom. The van der Waals surface area contributed by atoms with Crippen LogP contribution in [-0.4, -0.2) is 23.4 Å². The smallest absolute Gasteiger partial charge is 0.258 e. The summed E-state index contributed by atoms with van der Waals surface area (Å²) in [6.07, 6.45) is 3.14. The molecule has 4 aromatic rings. The van der Waals surface area contributed by atoms with Crippen LogP contribution in [0.2, 0.25) is 0 Å². The third-order valence-electron chi connectivity index (χ3n) is 4.76. The molecular weight excluding hydrogens is 470 g/mol. The molecule has 2 N–H and O–H groups in total. The number of nitrogens with one attached hydrogen (secondary N) is 2. The summed E-state index contributed by atoms with van der Waals surface area (Å²) in [5, 5.41) is 7.81. The molecule has 0 atom stereocenters. The lowest BCUT2D eigenvalue weighted by atomic mass is 10.1. The minimum absolute atomic E-state index is 0.0828. The highest BCUT2D eigenvalue weighted by atomic mass is 79.9. The number of benzene rings is 3. The molecule has 0 saturated heterocycles. The van der Waals surface area contributed by atoms with Crippen molar-refractivity contribution in [1.82, 2.24) is 10.3 Å².